The first-order valence-electron chi connectivity index (χ1n) is 9.33. The van der Waals surface area contributed by atoms with Gasteiger partial charge in [-0.1, -0.05) is 29.8 Å². The third kappa shape index (κ3) is 6.01. The maximum Gasteiger partial charge on any atom is 0.253 e. The van der Waals surface area contributed by atoms with Gasteiger partial charge in [-0.15, -0.1) is 0 Å². The number of carbonyl (C=O) groups excluding carboxylic acids is 1. The van der Waals surface area contributed by atoms with Gasteiger partial charge >= 0.3 is 0 Å². The zero-order valence-electron chi connectivity index (χ0n) is 17.4. The summed E-state index contributed by atoms with van der Waals surface area (Å²) in [6.07, 6.45) is 0.840. The molecule has 2 aromatic carbocycles. The van der Waals surface area contributed by atoms with E-state index in [1.165, 1.54) is 11.1 Å². The second kappa shape index (κ2) is 10.3. The highest BCUT2D eigenvalue weighted by molar-refractivity contribution is 5.93. The Morgan fingerprint density at radius 3 is 2.43 bits per heavy atom. The highest BCUT2D eigenvalue weighted by Gasteiger charge is 2.08. The number of guanidine groups is 1. The van der Waals surface area contributed by atoms with Crippen molar-refractivity contribution in [3.8, 4) is 5.75 Å². The number of carbonyl (C=O) groups is 1. The molecule has 0 radical (unpaired) electrons. The van der Waals surface area contributed by atoms with E-state index in [0.717, 1.165) is 30.2 Å². The quantitative estimate of drug-likeness (QED) is 0.571. The molecular formula is C22H30N4O2. The lowest BCUT2D eigenvalue weighted by atomic mass is 10.1. The molecule has 0 aromatic heterocycles. The SMILES string of the molecule is CN=C(NCCc1cc(C)ccc1OC)NCc1ccc(C(=O)N(C)C)cc1. The maximum absolute atomic E-state index is 11.9. The van der Waals surface area contributed by atoms with Crippen LogP contribution in [0.4, 0.5) is 0 Å². The molecule has 0 unspecified atom stereocenters. The molecule has 0 aliphatic rings. The van der Waals surface area contributed by atoms with Crippen LogP contribution in [0, 0.1) is 6.92 Å². The van der Waals surface area contributed by atoms with Crippen molar-refractivity contribution in [2.45, 2.75) is 19.9 Å². The number of methoxy groups -OCH3 is 1. The molecule has 0 saturated carbocycles. The molecule has 6 heteroatoms. The Bertz CT molecular complexity index is 814. The Kier molecular flexibility index (Phi) is 7.87. The number of ether oxygens (including phenoxy) is 1. The summed E-state index contributed by atoms with van der Waals surface area (Å²) in [6, 6.07) is 13.8. The van der Waals surface area contributed by atoms with Gasteiger partial charge in [0.05, 0.1) is 7.11 Å². The molecule has 0 aliphatic heterocycles. The lowest BCUT2D eigenvalue weighted by Crippen LogP contribution is -2.37. The third-order valence-electron chi connectivity index (χ3n) is 4.41. The van der Waals surface area contributed by atoms with E-state index in [9.17, 15) is 4.79 Å². The van der Waals surface area contributed by atoms with E-state index in [4.69, 9.17) is 4.74 Å². The molecule has 2 aromatic rings. The van der Waals surface area contributed by atoms with Crippen molar-refractivity contribution in [3.05, 3.63) is 64.7 Å². The topological polar surface area (TPSA) is 66.0 Å². The number of hydrogen-bond donors (Lipinski definition) is 2. The summed E-state index contributed by atoms with van der Waals surface area (Å²) in [6.45, 7) is 3.45. The van der Waals surface area contributed by atoms with Crippen LogP contribution in [0.5, 0.6) is 5.75 Å². The minimum absolute atomic E-state index is 0.00330. The second-order valence-corrected chi connectivity index (χ2v) is 6.81. The van der Waals surface area contributed by atoms with Crippen LogP contribution in [0.15, 0.2) is 47.5 Å². The summed E-state index contributed by atoms with van der Waals surface area (Å²) in [5.41, 5.74) is 4.16. The number of aryl methyl sites for hydroxylation is 1. The first-order chi connectivity index (χ1) is 13.4. The van der Waals surface area contributed by atoms with Crippen molar-refractivity contribution in [2.75, 3.05) is 34.8 Å². The molecule has 0 aliphatic carbocycles. The fourth-order valence-corrected chi connectivity index (χ4v) is 2.85. The Hall–Kier alpha value is -3.02. The summed E-state index contributed by atoms with van der Waals surface area (Å²) in [5, 5.41) is 6.62. The fourth-order valence-electron chi connectivity index (χ4n) is 2.85. The first kappa shape index (κ1) is 21.3. The summed E-state index contributed by atoms with van der Waals surface area (Å²) in [5.74, 6) is 1.64. The van der Waals surface area contributed by atoms with Crippen molar-refractivity contribution in [2.24, 2.45) is 4.99 Å². The van der Waals surface area contributed by atoms with Crippen LogP contribution in [0.2, 0.25) is 0 Å². The van der Waals surface area contributed by atoms with E-state index < -0.39 is 0 Å². The number of nitrogens with one attached hydrogen (secondary N) is 2. The van der Waals surface area contributed by atoms with Crippen LogP contribution in [-0.2, 0) is 13.0 Å². The van der Waals surface area contributed by atoms with Gasteiger partial charge in [0, 0.05) is 39.8 Å². The normalized spacial score (nSPS) is 11.1. The van der Waals surface area contributed by atoms with Gasteiger partial charge < -0.3 is 20.3 Å². The largest absolute Gasteiger partial charge is 0.496 e. The van der Waals surface area contributed by atoms with Gasteiger partial charge in [0.25, 0.3) is 5.91 Å². The van der Waals surface area contributed by atoms with Crippen LogP contribution in [-0.4, -0.2) is 51.6 Å². The van der Waals surface area contributed by atoms with E-state index >= 15 is 0 Å². The van der Waals surface area contributed by atoms with Crippen molar-refractivity contribution in [1.82, 2.24) is 15.5 Å². The fraction of sp³-hybridized carbons (Fsp3) is 0.364. The summed E-state index contributed by atoms with van der Waals surface area (Å²) in [4.78, 5) is 17.8. The zero-order valence-corrected chi connectivity index (χ0v) is 17.4. The van der Waals surface area contributed by atoms with Gasteiger partial charge in [-0.3, -0.25) is 9.79 Å². The van der Waals surface area contributed by atoms with Crippen molar-refractivity contribution < 1.29 is 9.53 Å². The predicted molar refractivity (Wildman–Crippen MR) is 114 cm³/mol. The van der Waals surface area contributed by atoms with Gasteiger partial charge in [-0.25, -0.2) is 0 Å². The molecular weight excluding hydrogens is 352 g/mol. The molecule has 1 amide bonds. The summed E-state index contributed by atoms with van der Waals surface area (Å²) in [7, 11) is 6.94. The smallest absolute Gasteiger partial charge is 0.253 e. The van der Waals surface area contributed by atoms with Crippen molar-refractivity contribution in [3.63, 3.8) is 0 Å². The molecule has 2 rings (SSSR count). The summed E-state index contributed by atoms with van der Waals surface area (Å²) < 4.78 is 5.43. The minimum Gasteiger partial charge on any atom is -0.496 e. The van der Waals surface area contributed by atoms with E-state index in [0.29, 0.717) is 12.1 Å². The van der Waals surface area contributed by atoms with E-state index in [1.54, 1.807) is 33.2 Å². The second-order valence-electron chi connectivity index (χ2n) is 6.81. The lowest BCUT2D eigenvalue weighted by Gasteiger charge is -2.14. The molecule has 6 nitrogen and oxygen atoms in total. The minimum atomic E-state index is 0.00330. The highest BCUT2D eigenvalue weighted by Crippen LogP contribution is 2.19. The van der Waals surface area contributed by atoms with Crippen LogP contribution in [0.3, 0.4) is 0 Å². The highest BCUT2D eigenvalue weighted by atomic mass is 16.5. The number of nitrogens with zero attached hydrogens (tertiary/aromatic N) is 2. The molecule has 0 bridgehead atoms. The zero-order chi connectivity index (χ0) is 20.5. The molecule has 2 N–H and O–H groups in total. The maximum atomic E-state index is 11.9. The van der Waals surface area contributed by atoms with Crippen LogP contribution in [0.1, 0.15) is 27.0 Å². The number of benzene rings is 2. The van der Waals surface area contributed by atoms with Gasteiger partial charge in [0.1, 0.15) is 5.75 Å². The monoisotopic (exact) mass is 382 g/mol. The first-order valence-corrected chi connectivity index (χ1v) is 9.33. The molecule has 0 saturated heterocycles. The Morgan fingerprint density at radius 1 is 1.11 bits per heavy atom. The number of hydrogen-bond acceptors (Lipinski definition) is 3. The molecule has 0 spiro atoms. The van der Waals surface area contributed by atoms with E-state index in [-0.39, 0.29) is 5.91 Å². The molecule has 28 heavy (non-hydrogen) atoms. The average Bonchev–Trinajstić information content (AvgIpc) is 2.70. The Balaban J connectivity index is 1.85. The number of aliphatic imine (C=N–C) groups is 1. The number of amides is 1. The van der Waals surface area contributed by atoms with Gasteiger partial charge in [-0.05, 0) is 42.7 Å². The van der Waals surface area contributed by atoms with Crippen molar-refractivity contribution >= 4 is 11.9 Å². The van der Waals surface area contributed by atoms with Gasteiger partial charge in [0.2, 0.25) is 0 Å². The van der Waals surface area contributed by atoms with Gasteiger partial charge in [0.15, 0.2) is 5.96 Å². The van der Waals surface area contributed by atoms with Crippen LogP contribution < -0.4 is 15.4 Å². The lowest BCUT2D eigenvalue weighted by molar-refractivity contribution is 0.0827. The average molecular weight is 383 g/mol. The number of rotatable bonds is 7. The molecule has 0 fully saturated rings. The van der Waals surface area contributed by atoms with Gasteiger partial charge in [-0.2, -0.15) is 0 Å². The van der Waals surface area contributed by atoms with E-state index in [2.05, 4.69) is 28.6 Å². The van der Waals surface area contributed by atoms with E-state index in [1.807, 2.05) is 36.4 Å². The molecule has 0 atom stereocenters. The third-order valence-corrected chi connectivity index (χ3v) is 4.41. The standard InChI is InChI=1S/C22H30N4O2/c1-16-6-11-20(28-5)19(14-16)12-13-24-22(23-2)25-15-17-7-9-18(10-8-17)21(27)26(3)4/h6-11,14H,12-13,15H2,1-5H3,(H2,23,24,25). The summed E-state index contributed by atoms with van der Waals surface area (Å²) >= 11 is 0. The van der Waals surface area contributed by atoms with Crippen molar-refractivity contribution in [1.29, 1.82) is 0 Å². The predicted octanol–water partition coefficient (Wildman–Crippen LogP) is 2.61. The van der Waals surface area contributed by atoms with Crippen LogP contribution >= 0.6 is 0 Å². The van der Waals surface area contributed by atoms with Crippen LogP contribution in [0.25, 0.3) is 0 Å². The Labute approximate surface area is 167 Å². The Morgan fingerprint density at radius 2 is 1.82 bits per heavy atom. The molecule has 0 heterocycles. The molecule has 150 valence electrons.